The summed E-state index contributed by atoms with van der Waals surface area (Å²) in [6.45, 7) is 2.25. The molecule has 1 heterocycles. The van der Waals surface area contributed by atoms with Crippen molar-refractivity contribution in [2.45, 2.75) is 38.7 Å². The molecule has 2 N–H and O–H groups in total. The second-order valence-electron chi connectivity index (χ2n) is 7.68. The molecule has 2 aromatic carbocycles. The van der Waals surface area contributed by atoms with Crippen molar-refractivity contribution in [3.8, 4) is 17.6 Å². The number of ether oxygens (including phenoxy) is 3. The highest BCUT2D eigenvalue weighted by molar-refractivity contribution is 14.1. The van der Waals surface area contributed by atoms with Crippen molar-refractivity contribution in [3.63, 3.8) is 0 Å². The van der Waals surface area contributed by atoms with Crippen LogP contribution < -0.4 is 15.2 Å². The fraction of sp³-hybridized carbons (Fsp3) is 0.280. The number of nitrogens with two attached hydrogens (primary N) is 1. The summed E-state index contributed by atoms with van der Waals surface area (Å²) in [5.41, 5.74) is 7.84. The van der Waals surface area contributed by atoms with Crippen LogP contribution in [0.3, 0.4) is 0 Å². The van der Waals surface area contributed by atoms with Gasteiger partial charge in [-0.2, -0.15) is 5.26 Å². The van der Waals surface area contributed by atoms with Crippen molar-refractivity contribution in [1.29, 1.82) is 5.26 Å². The molecule has 1 aliphatic heterocycles. The van der Waals surface area contributed by atoms with Crippen LogP contribution in [0.4, 0.5) is 4.39 Å². The Balaban J connectivity index is 1.77. The quantitative estimate of drug-likeness (QED) is 0.487. The van der Waals surface area contributed by atoms with Crippen LogP contribution in [0.1, 0.15) is 43.2 Å². The molecular weight excluding hydrogens is 538 g/mol. The van der Waals surface area contributed by atoms with E-state index < -0.39 is 5.92 Å². The first kappa shape index (κ1) is 23.1. The zero-order valence-corrected chi connectivity index (χ0v) is 20.1. The molecule has 0 fully saturated rings. The number of allylic oxidation sites excluding steroid dienone is 3. The number of ketones is 1. The van der Waals surface area contributed by atoms with Crippen molar-refractivity contribution >= 4 is 28.4 Å². The first-order valence-corrected chi connectivity index (χ1v) is 11.7. The molecule has 0 saturated heterocycles. The third kappa shape index (κ3) is 4.55. The van der Waals surface area contributed by atoms with Gasteiger partial charge in [-0.05, 0) is 59.7 Å². The summed E-state index contributed by atoms with van der Waals surface area (Å²) >= 11 is 2.12. The lowest BCUT2D eigenvalue weighted by Gasteiger charge is -2.31. The van der Waals surface area contributed by atoms with Crippen LogP contribution in [0, 0.1) is 20.7 Å². The number of benzene rings is 2. The predicted molar refractivity (Wildman–Crippen MR) is 128 cm³/mol. The van der Waals surface area contributed by atoms with Crippen LogP contribution in [-0.2, 0) is 16.1 Å². The number of nitriles is 1. The van der Waals surface area contributed by atoms with Gasteiger partial charge < -0.3 is 19.9 Å². The Labute approximate surface area is 205 Å². The van der Waals surface area contributed by atoms with E-state index in [1.165, 1.54) is 6.07 Å². The smallest absolute Gasteiger partial charge is 0.205 e. The van der Waals surface area contributed by atoms with Gasteiger partial charge in [-0.25, -0.2) is 4.39 Å². The number of hydrogen-bond donors (Lipinski definition) is 1. The van der Waals surface area contributed by atoms with E-state index in [4.69, 9.17) is 19.9 Å². The number of halogens is 2. The monoisotopic (exact) mass is 560 g/mol. The summed E-state index contributed by atoms with van der Waals surface area (Å²) in [6, 6.07) is 12.1. The van der Waals surface area contributed by atoms with Gasteiger partial charge in [0.1, 0.15) is 29.8 Å². The van der Waals surface area contributed by atoms with E-state index in [-0.39, 0.29) is 29.7 Å². The number of carbonyl (C=O) groups excluding carboxylic acids is 1. The van der Waals surface area contributed by atoms with Crippen molar-refractivity contribution in [1.82, 2.24) is 0 Å². The summed E-state index contributed by atoms with van der Waals surface area (Å²) in [5.74, 6) is 0.428. The molecule has 1 aliphatic carbocycles. The molecule has 0 saturated carbocycles. The Morgan fingerprint density at radius 1 is 1.27 bits per heavy atom. The van der Waals surface area contributed by atoms with Crippen molar-refractivity contribution in [2.75, 3.05) is 6.61 Å². The van der Waals surface area contributed by atoms with Gasteiger partial charge in [0.05, 0.1) is 16.1 Å². The Hall–Kier alpha value is -3.06. The SMILES string of the molecule is CCOc1cc(C2C(C#N)=C(N)OC3=C2C(=O)CCC3)cc(I)c1OCc1ccccc1F. The highest BCUT2D eigenvalue weighted by atomic mass is 127. The van der Waals surface area contributed by atoms with Gasteiger partial charge >= 0.3 is 0 Å². The maximum Gasteiger partial charge on any atom is 0.205 e. The van der Waals surface area contributed by atoms with Gasteiger partial charge in [-0.3, -0.25) is 4.79 Å². The fourth-order valence-electron chi connectivity index (χ4n) is 4.11. The molecule has 33 heavy (non-hydrogen) atoms. The van der Waals surface area contributed by atoms with E-state index in [0.717, 1.165) is 0 Å². The number of rotatable bonds is 6. The molecule has 0 amide bonds. The lowest BCUT2D eigenvalue weighted by molar-refractivity contribution is -0.116. The first-order chi connectivity index (χ1) is 15.9. The third-order valence-corrected chi connectivity index (χ3v) is 6.40. The minimum Gasteiger partial charge on any atom is -0.490 e. The molecule has 6 nitrogen and oxygen atoms in total. The summed E-state index contributed by atoms with van der Waals surface area (Å²) < 4.78 is 32.2. The van der Waals surface area contributed by atoms with Gasteiger partial charge in [-0.1, -0.05) is 18.2 Å². The van der Waals surface area contributed by atoms with Crippen LogP contribution >= 0.6 is 22.6 Å². The first-order valence-electron chi connectivity index (χ1n) is 10.6. The summed E-state index contributed by atoms with van der Waals surface area (Å²) in [7, 11) is 0. The fourth-order valence-corrected chi connectivity index (χ4v) is 4.89. The summed E-state index contributed by atoms with van der Waals surface area (Å²) in [6.07, 6.45) is 1.68. The standard InChI is InChI=1S/C25H22FIN2O4/c1-2-31-21-11-15(10-18(27)24(21)32-13-14-6-3-4-7-17(14)26)22-16(12-28)25(29)33-20-9-5-8-19(30)23(20)22/h3-4,6-7,10-11,22H,2,5,8-9,13,29H2,1H3. The highest BCUT2D eigenvalue weighted by Crippen LogP contribution is 2.46. The molecule has 0 spiro atoms. The highest BCUT2D eigenvalue weighted by Gasteiger charge is 2.38. The largest absolute Gasteiger partial charge is 0.490 e. The Bertz CT molecular complexity index is 1220. The molecule has 0 radical (unpaired) electrons. The van der Waals surface area contributed by atoms with Crippen LogP contribution in [0.2, 0.25) is 0 Å². The number of carbonyl (C=O) groups is 1. The van der Waals surface area contributed by atoms with E-state index in [0.29, 0.717) is 63.4 Å². The van der Waals surface area contributed by atoms with E-state index >= 15 is 0 Å². The van der Waals surface area contributed by atoms with E-state index in [9.17, 15) is 14.4 Å². The van der Waals surface area contributed by atoms with E-state index in [1.54, 1.807) is 24.3 Å². The maximum atomic E-state index is 14.1. The predicted octanol–water partition coefficient (Wildman–Crippen LogP) is 5.22. The van der Waals surface area contributed by atoms with Gasteiger partial charge in [-0.15, -0.1) is 0 Å². The molecular formula is C25H22FIN2O4. The molecule has 2 aromatic rings. The van der Waals surface area contributed by atoms with Crippen LogP contribution in [0.15, 0.2) is 59.2 Å². The van der Waals surface area contributed by atoms with Crippen LogP contribution in [0.25, 0.3) is 0 Å². The molecule has 4 rings (SSSR count). The Morgan fingerprint density at radius 2 is 2.06 bits per heavy atom. The van der Waals surface area contributed by atoms with Crippen molar-refractivity contribution in [2.24, 2.45) is 5.73 Å². The van der Waals surface area contributed by atoms with Gasteiger partial charge in [0, 0.05) is 24.0 Å². The second-order valence-corrected chi connectivity index (χ2v) is 8.84. The molecule has 1 unspecified atom stereocenters. The molecule has 8 heteroatoms. The molecule has 0 bridgehead atoms. The average Bonchev–Trinajstić information content (AvgIpc) is 2.79. The maximum absolute atomic E-state index is 14.1. The van der Waals surface area contributed by atoms with Gasteiger partial charge in [0.25, 0.3) is 0 Å². The Kier molecular flexibility index (Phi) is 6.88. The zero-order valence-electron chi connectivity index (χ0n) is 18.0. The lowest BCUT2D eigenvalue weighted by Crippen LogP contribution is -2.27. The average molecular weight is 560 g/mol. The molecule has 1 atom stereocenters. The topological polar surface area (TPSA) is 94.6 Å². The van der Waals surface area contributed by atoms with E-state index in [2.05, 4.69) is 28.7 Å². The van der Waals surface area contributed by atoms with Crippen molar-refractivity contribution in [3.05, 3.63) is 79.7 Å². The number of hydrogen-bond acceptors (Lipinski definition) is 6. The summed E-state index contributed by atoms with van der Waals surface area (Å²) in [5, 5.41) is 9.81. The molecule has 0 aromatic heterocycles. The van der Waals surface area contributed by atoms with Crippen LogP contribution in [-0.4, -0.2) is 12.4 Å². The Morgan fingerprint density at radius 3 is 2.79 bits per heavy atom. The lowest BCUT2D eigenvalue weighted by atomic mass is 9.77. The van der Waals surface area contributed by atoms with Crippen molar-refractivity contribution < 1.29 is 23.4 Å². The zero-order chi connectivity index (χ0) is 23.5. The second kappa shape index (κ2) is 9.83. The third-order valence-electron chi connectivity index (χ3n) is 5.60. The van der Waals surface area contributed by atoms with Gasteiger partial charge in [0.2, 0.25) is 5.88 Å². The molecule has 2 aliphatic rings. The normalized spacial score (nSPS) is 17.9. The minimum absolute atomic E-state index is 0.0174. The molecule has 170 valence electrons. The minimum atomic E-state index is -0.639. The van der Waals surface area contributed by atoms with Gasteiger partial charge in [0.15, 0.2) is 17.3 Å². The number of Topliss-reactive ketones (excluding diaryl/α,β-unsaturated/α-hetero) is 1. The number of nitrogens with zero attached hydrogens (tertiary/aromatic N) is 1. The van der Waals surface area contributed by atoms with E-state index in [1.807, 2.05) is 13.0 Å². The van der Waals surface area contributed by atoms with Crippen LogP contribution in [0.5, 0.6) is 11.5 Å². The summed E-state index contributed by atoms with van der Waals surface area (Å²) in [4.78, 5) is 12.8.